The number of piperidine rings is 1. The van der Waals surface area contributed by atoms with Crippen LogP contribution in [0.5, 0.6) is 0 Å². The van der Waals surface area contributed by atoms with Crippen molar-refractivity contribution < 1.29 is 22.5 Å². The van der Waals surface area contributed by atoms with E-state index in [1.165, 1.54) is 4.31 Å². The number of aryl methyl sites for hydroxylation is 2. The zero-order chi connectivity index (χ0) is 19.6. The Morgan fingerprint density at radius 3 is 2.52 bits per heavy atom. The van der Waals surface area contributed by atoms with Gasteiger partial charge in [0.05, 0.1) is 12.5 Å². The number of ether oxygens (including phenoxy) is 1. The molecule has 1 aliphatic heterocycles. The van der Waals surface area contributed by atoms with Crippen molar-refractivity contribution in [3.8, 4) is 0 Å². The lowest BCUT2D eigenvalue weighted by atomic mass is 9.85. The predicted molar refractivity (Wildman–Crippen MR) is 99.4 cm³/mol. The molecule has 2 aliphatic rings. The Hall–Kier alpha value is -1.67. The summed E-state index contributed by atoms with van der Waals surface area (Å²) in [5.74, 6) is 0.746. The molecular formula is C19H28N2O5S. The van der Waals surface area contributed by atoms with Crippen LogP contribution >= 0.6 is 0 Å². The smallest absolute Gasteiger partial charge is 0.309 e. The molecule has 7 nitrogen and oxygen atoms in total. The fourth-order valence-corrected chi connectivity index (χ4v) is 5.61. The monoisotopic (exact) mass is 396 g/mol. The van der Waals surface area contributed by atoms with E-state index >= 15 is 0 Å². The van der Waals surface area contributed by atoms with E-state index in [0.717, 1.165) is 12.8 Å². The van der Waals surface area contributed by atoms with E-state index < -0.39 is 10.0 Å². The summed E-state index contributed by atoms with van der Waals surface area (Å²) >= 11 is 0. The Bertz CT molecular complexity index is 787. The van der Waals surface area contributed by atoms with Gasteiger partial charge in [0.2, 0.25) is 10.0 Å². The molecule has 2 atom stereocenters. The van der Waals surface area contributed by atoms with E-state index in [2.05, 4.69) is 24.2 Å². The number of allylic oxidation sites excluding steroid dienone is 2. The van der Waals surface area contributed by atoms with Gasteiger partial charge in [-0.25, -0.2) is 8.42 Å². The fourth-order valence-electron chi connectivity index (χ4n) is 3.85. The SMILES string of the molecule is Cc1noc(C)c1S(=O)(=O)N1CCC(C(=O)OCC2CC=CCC2C)CC1. The van der Waals surface area contributed by atoms with Crippen molar-refractivity contribution in [2.75, 3.05) is 19.7 Å². The quantitative estimate of drug-likeness (QED) is 0.562. The van der Waals surface area contributed by atoms with Gasteiger partial charge in [0, 0.05) is 13.1 Å². The molecule has 0 saturated carbocycles. The average Bonchev–Trinajstić information content (AvgIpc) is 3.00. The van der Waals surface area contributed by atoms with Crippen LogP contribution < -0.4 is 0 Å². The van der Waals surface area contributed by atoms with Crippen LogP contribution in [0.1, 0.15) is 44.1 Å². The molecule has 0 radical (unpaired) electrons. The molecule has 0 spiro atoms. The molecule has 0 bridgehead atoms. The van der Waals surface area contributed by atoms with Crippen molar-refractivity contribution >= 4 is 16.0 Å². The van der Waals surface area contributed by atoms with Gasteiger partial charge >= 0.3 is 5.97 Å². The molecule has 2 heterocycles. The third-order valence-electron chi connectivity index (χ3n) is 5.71. The number of hydrogen-bond donors (Lipinski definition) is 0. The van der Waals surface area contributed by atoms with Gasteiger partial charge in [-0.3, -0.25) is 4.79 Å². The highest BCUT2D eigenvalue weighted by Crippen LogP contribution is 2.29. The van der Waals surface area contributed by atoms with Gasteiger partial charge in [-0.05, 0) is 51.4 Å². The molecule has 0 aromatic carbocycles. The van der Waals surface area contributed by atoms with E-state index in [0.29, 0.717) is 55.8 Å². The summed E-state index contributed by atoms with van der Waals surface area (Å²) < 4.78 is 37.6. The number of aromatic nitrogens is 1. The van der Waals surface area contributed by atoms with Crippen LogP contribution in [-0.2, 0) is 19.6 Å². The van der Waals surface area contributed by atoms with Gasteiger partial charge in [0.25, 0.3) is 0 Å². The molecule has 3 rings (SSSR count). The predicted octanol–water partition coefficient (Wildman–Crippen LogP) is 2.84. The van der Waals surface area contributed by atoms with Crippen LogP contribution in [-0.4, -0.2) is 43.5 Å². The normalized spacial score (nSPS) is 24.9. The molecular weight excluding hydrogens is 368 g/mol. The Morgan fingerprint density at radius 2 is 1.93 bits per heavy atom. The molecule has 8 heteroatoms. The molecule has 1 saturated heterocycles. The summed E-state index contributed by atoms with van der Waals surface area (Å²) in [6.45, 7) is 6.44. The van der Waals surface area contributed by atoms with Gasteiger partial charge < -0.3 is 9.26 Å². The maximum atomic E-state index is 12.8. The minimum atomic E-state index is -3.65. The Balaban J connectivity index is 1.54. The summed E-state index contributed by atoms with van der Waals surface area (Å²) in [5.41, 5.74) is 0.365. The van der Waals surface area contributed by atoms with E-state index in [1.807, 2.05) is 0 Å². The number of carbonyl (C=O) groups is 1. The van der Waals surface area contributed by atoms with Crippen LogP contribution in [0.15, 0.2) is 21.6 Å². The highest BCUT2D eigenvalue weighted by Gasteiger charge is 2.36. The Morgan fingerprint density at radius 1 is 1.26 bits per heavy atom. The van der Waals surface area contributed by atoms with Crippen molar-refractivity contribution in [1.82, 2.24) is 9.46 Å². The first-order valence-corrected chi connectivity index (χ1v) is 11.0. The van der Waals surface area contributed by atoms with E-state index in [1.54, 1.807) is 13.8 Å². The number of esters is 1. The second kappa shape index (κ2) is 8.14. The van der Waals surface area contributed by atoms with Gasteiger partial charge in [0.15, 0.2) is 5.76 Å². The molecule has 2 unspecified atom stereocenters. The molecule has 1 aliphatic carbocycles. The molecule has 27 heavy (non-hydrogen) atoms. The lowest BCUT2D eigenvalue weighted by Crippen LogP contribution is -2.41. The molecule has 150 valence electrons. The van der Waals surface area contributed by atoms with E-state index in [-0.39, 0.29) is 16.8 Å². The average molecular weight is 397 g/mol. The highest BCUT2D eigenvalue weighted by molar-refractivity contribution is 7.89. The number of hydrogen-bond acceptors (Lipinski definition) is 6. The minimum Gasteiger partial charge on any atom is -0.465 e. The topological polar surface area (TPSA) is 89.7 Å². The second-order valence-electron chi connectivity index (χ2n) is 7.64. The number of carbonyl (C=O) groups excluding carboxylic acids is 1. The fraction of sp³-hybridized carbons (Fsp3) is 0.684. The Kier molecular flexibility index (Phi) is 6.05. The lowest BCUT2D eigenvalue weighted by molar-refractivity contribution is -0.151. The Labute approximate surface area is 160 Å². The first-order valence-electron chi connectivity index (χ1n) is 9.55. The van der Waals surface area contributed by atoms with E-state index in [9.17, 15) is 13.2 Å². The zero-order valence-electron chi connectivity index (χ0n) is 16.2. The van der Waals surface area contributed by atoms with Crippen molar-refractivity contribution in [2.24, 2.45) is 17.8 Å². The molecule has 1 aromatic heterocycles. The van der Waals surface area contributed by atoms with Crippen molar-refractivity contribution in [3.63, 3.8) is 0 Å². The first-order chi connectivity index (χ1) is 12.8. The molecule has 1 aromatic rings. The summed E-state index contributed by atoms with van der Waals surface area (Å²) in [6, 6.07) is 0. The summed E-state index contributed by atoms with van der Waals surface area (Å²) in [5, 5.41) is 3.74. The molecule has 0 N–H and O–H groups in total. The maximum Gasteiger partial charge on any atom is 0.309 e. The third kappa shape index (κ3) is 4.27. The second-order valence-corrected chi connectivity index (χ2v) is 9.52. The maximum absolute atomic E-state index is 12.8. The third-order valence-corrected chi connectivity index (χ3v) is 7.85. The van der Waals surface area contributed by atoms with Crippen LogP contribution in [0.25, 0.3) is 0 Å². The minimum absolute atomic E-state index is 0.142. The van der Waals surface area contributed by atoms with Crippen LogP contribution in [0.3, 0.4) is 0 Å². The van der Waals surface area contributed by atoms with Gasteiger partial charge in [-0.15, -0.1) is 0 Å². The summed E-state index contributed by atoms with van der Waals surface area (Å²) in [6.07, 6.45) is 7.25. The van der Waals surface area contributed by atoms with E-state index in [4.69, 9.17) is 9.26 Å². The van der Waals surface area contributed by atoms with Crippen molar-refractivity contribution in [3.05, 3.63) is 23.6 Å². The molecule has 1 fully saturated rings. The summed E-state index contributed by atoms with van der Waals surface area (Å²) in [4.78, 5) is 12.5. The van der Waals surface area contributed by atoms with Crippen LogP contribution in [0, 0.1) is 31.6 Å². The van der Waals surface area contributed by atoms with Gasteiger partial charge in [-0.2, -0.15) is 4.31 Å². The first kappa shape index (κ1) is 20.1. The van der Waals surface area contributed by atoms with Crippen LogP contribution in [0.4, 0.5) is 0 Å². The lowest BCUT2D eigenvalue weighted by Gasteiger charge is -2.31. The highest BCUT2D eigenvalue weighted by atomic mass is 32.2. The standard InChI is InChI=1S/C19H28N2O5S/c1-13-6-4-5-7-17(13)12-25-19(22)16-8-10-21(11-9-16)27(23,24)18-14(2)20-26-15(18)3/h4-5,13,16-17H,6-12H2,1-3H3. The number of rotatable bonds is 5. The number of nitrogens with zero attached hydrogens (tertiary/aromatic N) is 2. The number of sulfonamides is 1. The van der Waals surface area contributed by atoms with Gasteiger partial charge in [-0.1, -0.05) is 24.2 Å². The van der Waals surface area contributed by atoms with Crippen molar-refractivity contribution in [2.45, 2.75) is 51.3 Å². The van der Waals surface area contributed by atoms with Gasteiger partial charge in [0.1, 0.15) is 10.6 Å². The molecule has 0 amide bonds. The van der Waals surface area contributed by atoms with Crippen molar-refractivity contribution in [1.29, 1.82) is 0 Å². The largest absolute Gasteiger partial charge is 0.465 e. The zero-order valence-corrected chi connectivity index (χ0v) is 17.0. The summed E-state index contributed by atoms with van der Waals surface area (Å²) in [7, 11) is -3.65. The van der Waals surface area contributed by atoms with Crippen LogP contribution in [0.2, 0.25) is 0 Å².